The van der Waals surface area contributed by atoms with Crippen LogP contribution in [-0.4, -0.2) is 35.5 Å². The fraction of sp³-hybridized carbons (Fsp3) is 0.250. The van der Waals surface area contributed by atoms with Crippen molar-refractivity contribution in [2.45, 2.75) is 32.8 Å². The van der Waals surface area contributed by atoms with Crippen LogP contribution in [0.5, 0.6) is 11.6 Å². The first-order valence-electron chi connectivity index (χ1n) is 9.75. The van der Waals surface area contributed by atoms with Gasteiger partial charge in [-0.05, 0) is 56.7 Å². The van der Waals surface area contributed by atoms with E-state index in [1.54, 1.807) is 26.8 Å². The zero-order chi connectivity index (χ0) is 22.4. The third-order valence-corrected chi connectivity index (χ3v) is 4.11. The van der Waals surface area contributed by atoms with Gasteiger partial charge in [-0.2, -0.15) is 4.99 Å². The molecule has 0 bridgehead atoms. The molecule has 3 aromatic rings. The normalized spacial score (nSPS) is 11.8. The molecule has 31 heavy (non-hydrogen) atoms. The number of hydrogen-bond donors (Lipinski definition) is 0. The van der Waals surface area contributed by atoms with Crippen LogP contribution in [0, 0.1) is 0 Å². The topological polar surface area (TPSA) is 87.1 Å². The minimum Gasteiger partial charge on any atom is -0.465 e. The van der Waals surface area contributed by atoms with Crippen molar-refractivity contribution in [3.63, 3.8) is 0 Å². The van der Waals surface area contributed by atoms with Crippen molar-refractivity contribution in [3.8, 4) is 11.6 Å². The maximum atomic E-state index is 12.1. The van der Waals surface area contributed by atoms with Gasteiger partial charge in [0.2, 0.25) is 5.88 Å². The number of benzene rings is 2. The number of hydrogen-bond acceptors (Lipinski definition) is 6. The van der Waals surface area contributed by atoms with Crippen LogP contribution in [0.2, 0.25) is 0 Å². The number of fused-ring (bicyclic) bond motifs is 1. The third-order valence-electron chi connectivity index (χ3n) is 4.11. The predicted octanol–water partition coefficient (Wildman–Crippen LogP) is 5.12. The lowest BCUT2D eigenvalue weighted by molar-refractivity contribution is -0.132. The number of aromatic nitrogens is 1. The number of carbonyl (C=O) groups excluding carboxylic acids is 2. The number of aliphatic imine (C=N–C) groups is 1. The molecule has 0 unspecified atom stereocenters. The summed E-state index contributed by atoms with van der Waals surface area (Å²) in [7, 11) is 1.24. The molecular weight excluding hydrogens is 396 g/mol. The van der Waals surface area contributed by atoms with Gasteiger partial charge >= 0.3 is 12.1 Å². The van der Waals surface area contributed by atoms with Crippen LogP contribution in [-0.2, 0) is 20.7 Å². The highest BCUT2D eigenvalue weighted by molar-refractivity contribution is 6.38. The van der Waals surface area contributed by atoms with Gasteiger partial charge < -0.3 is 14.2 Å². The van der Waals surface area contributed by atoms with E-state index in [-0.39, 0.29) is 12.1 Å². The molecule has 0 spiro atoms. The van der Waals surface area contributed by atoms with E-state index in [4.69, 9.17) is 14.2 Å². The molecular formula is C24H24N2O5. The van der Waals surface area contributed by atoms with E-state index in [2.05, 4.69) is 9.98 Å². The number of ether oxygens (including phenoxy) is 3. The summed E-state index contributed by atoms with van der Waals surface area (Å²) in [6.45, 7) is 5.18. The van der Waals surface area contributed by atoms with Gasteiger partial charge in [0, 0.05) is 17.9 Å². The fourth-order valence-electron chi connectivity index (χ4n) is 2.80. The molecule has 7 nitrogen and oxygen atoms in total. The summed E-state index contributed by atoms with van der Waals surface area (Å²) in [5.74, 6) is 0.496. The van der Waals surface area contributed by atoms with Crippen LogP contribution in [0.25, 0.3) is 10.9 Å². The molecule has 0 aliphatic heterocycles. The van der Waals surface area contributed by atoms with Gasteiger partial charge in [-0.3, -0.25) is 0 Å². The molecule has 1 aromatic heterocycles. The van der Waals surface area contributed by atoms with Crippen LogP contribution in [0.1, 0.15) is 26.3 Å². The van der Waals surface area contributed by atoms with E-state index in [1.807, 2.05) is 54.6 Å². The predicted molar refractivity (Wildman–Crippen MR) is 118 cm³/mol. The SMILES string of the molecule is COC(=O)C(Cc1ccc2nc(Oc3ccccc3)ccc2c1)=NC(=O)OC(C)(C)C. The molecule has 1 amide bonds. The number of carbonyl (C=O) groups is 2. The second kappa shape index (κ2) is 9.38. The van der Waals surface area contributed by atoms with Crippen molar-refractivity contribution in [1.29, 1.82) is 0 Å². The molecule has 1 heterocycles. The van der Waals surface area contributed by atoms with Crippen LogP contribution < -0.4 is 4.74 Å². The van der Waals surface area contributed by atoms with Crippen molar-refractivity contribution in [2.75, 3.05) is 7.11 Å². The molecule has 0 N–H and O–H groups in total. The Hall–Kier alpha value is -3.74. The van der Waals surface area contributed by atoms with Gasteiger partial charge in [0.1, 0.15) is 17.1 Å². The Balaban J connectivity index is 1.81. The number of amides is 1. The quantitative estimate of drug-likeness (QED) is 0.421. The Morgan fingerprint density at radius 2 is 1.74 bits per heavy atom. The van der Waals surface area contributed by atoms with Gasteiger partial charge in [-0.25, -0.2) is 14.6 Å². The van der Waals surface area contributed by atoms with Crippen molar-refractivity contribution in [1.82, 2.24) is 4.98 Å². The summed E-state index contributed by atoms with van der Waals surface area (Å²) in [6.07, 6.45) is -0.720. The molecule has 0 radical (unpaired) electrons. The zero-order valence-electron chi connectivity index (χ0n) is 17.9. The van der Waals surface area contributed by atoms with Crippen LogP contribution >= 0.6 is 0 Å². The second-order valence-electron chi connectivity index (χ2n) is 7.80. The van der Waals surface area contributed by atoms with Gasteiger partial charge in [0.15, 0.2) is 0 Å². The van der Waals surface area contributed by atoms with Crippen molar-refractivity contribution in [3.05, 3.63) is 66.2 Å². The summed E-state index contributed by atoms with van der Waals surface area (Å²) in [4.78, 5) is 32.5. The van der Waals surface area contributed by atoms with Gasteiger partial charge in [-0.15, -0.1) is 0 Å². The zero-order valence-corrected chi connectivity index (χ0v) is 17.9. The minimum absolute atomic E-state index is 0.0342. The maximum Gasteiger partial charge on any atom is 0.434 e. The average molecular weight is 420 g/mol. The van der Waals surface area contributed by atoms with Gasteiger partial charge in [-0.1, -0.05) is 24.3 Å². The largest absolute Gasteiger partial charge is 0.465 e. The molecule has 160 valence electrons. The summed E-state index contributed by atoms with van der Waals surface area (Å²) in [5.41, 5.74) is 0.767. The first-order chi connectivity index (χ1) is 14.7. The highest BCUT2D eigenvalue weighted by Crippen LogP contribution is 2.23. The molecule has 7 heteroatoms. The number of para-hydroxylation sites is 1. The van der Waals surface area contributed by atoms with Gasteiger partial charge in [0.05, 0.1) is 12.6 Å². The Morgan fingerprint density at radius 3 is 2.42 bits per heavy atom. The maximum absolute atomic E-state index is 12.1. The highest BCUT2D eigenvalue weighted by Gasteiger charge is 2.20. The summed E-state index contributed by atoms with van der Waals surface area (Å²) in [5, 5.41) is 0.861. The highest BCUT2D eigenvalue weighted by atomic mass is 16.6. The standard InChI is InChI=1S/C24H24N2O5/c1-24(2,3)31-23(28)26-20(22(27)29-4)15-16-10-12-19-17(14-16)11-13-21(25-19)30-18-8-6-5-7-9-18/h5-14H,15H2,1-4H3. The number of rotatable bonds is 5. The molecule has 0 fully saturated rings. The summed E-state index contributed by atoms with van der Waals surface area (Å²) < 4.78 is 15.7. The number of nitrogens with zero attached hydrogens (tertiary/aromatic N) is 2. The lowest BCUT2D eigenvalue weighted by Crippen LogP contribution is -2.25. The smallest absolute Gasteiger partial charge is 0.434 e. The minimum atomic E-state index is -0.835. The molecule has 0 saturated carbocycles. The van der Waals surface area contributed by atoms with E-state index in [1.165, 1.54) is 7.11 Å². The average Bonchev–Trinajstić information content (AvgIpc) is 2.72. The molecule has 0 aliphatic carbocycles. The summed E-state index contributed by atoms with van der Waals surface area (Å²) >= 11 is 0. The first kappa shape index (κ1) is 22.0. The number of esters is 1. The molecule has 0 atom stereocenters. The Bertz CT molecular complexity index is 1120. The number of methoxy groups -OCH3 is 1. The second-order valence-corrected chi connectivity index (χ2v) is 7.80. The van der Waals surface area contributed by atoms with Crippen molar-refractivity contribution >= 4 is 28.7 Å². The van der Waals surface area contributed by atoms with Crippen molar-refractivity contribution in [2.24, 2.45) is 4.99 Å². The Morgan fingerprint density at radius 1 is 1.00 bits per heavy atom. The fourth-order valence-corrected chi connectivity index (χ4v) is 2.80. The van der Waals surface area contributed by atoms with Crippen LogP contribution in [0.4, 0.5) is 4.79 Å². The summed E-state index contributed by atoms with van der Waals surface area (Å²) in [6, 6.07) is 18.6. The molecule has 3 rings (SSSR count). The van der Waals surface area contributed by atoms with Crippen molar-refractivity contribution < 1.29 is 23.8 Å². The van der Waals surface area contributed by atoms with Gasteiger partial charge in [0.25, 0.3) is 0 Å². The lowest BCUT2D eigenvalue weighted by atomic mass is 10.1. The Labute approximate surface area is 180 Å². The van der Waals surface area contributed by atoms with Crippen LogP contribution in [0.15, 0.2) is 65.7 Å². The molecule has 0 saturated heterocycles. The Kier molecular flexibility index (Phi) is 6.65. The van der Waals surface area contributed by atoms with E-state index in [0.29, 0.717) is 11.6 Å². The third kappa shape index (κ3) is 6.37. The first-order valence-corrected chi connectivity index (χ1v) is 9.75. The monoisotopic (exact) mass is 420 g/mol. The number of pyridine rings is 1. The van der Waals surface area contributed by atoms with E-state index in [9.17, 15) is 9.59 Å². The van der Waals surface area contributed by atoms with E-state index in [0.717, 1.165) is 16.5 Å². The van der Waals surface area contributed by atoms with Crippen LogP contribution in [0.3, 0.4) is 0 Å². The molecule has 2 aromatic carbocycles. The molecule has 0 aliphatic rings. The lowest BCUT2D eigenvalue weighted by Gasteiger charge is -2.17. The van der Waals surface area contributed by atoms with E-state index >= 15 is 0 Å². The van der Waals surface area contributed by atoms with E-state index < -0.39 is 17.7 Å².